The zero-order valence-corrected chi connectivity index (χ0v) is 10.5. The van der Waals surface area contributed by atoms with Crippen LogP contribution in [0.4, 0.5) is 0 Å². The van der Waals surface area contributed by atoms with Crippen LogP contribution in [0, 0.1) is 0 Å². The lowest BCUT2D eigenvalue weighted by atomic mass is 10.3. The largest absolute Gasteiger partial charge is 0.491 e. The van der Waals surface area contributed by atoms with Crippen molar-refractivity contribution in [2.75, 3.05) is 33.3 Å². The van der Waals surface area contributed by atoms with Gasteiger partial charge in [-0.05, 0) is 12.1 Å². The highest BCUT2D eigenvalue weighted by Gasteiger charge is 2.29. The third kappa shape index (κ3) is 3.72. The van der Waals surface area contributed by atoms with Crippen molar-refractivity contribution in [1.29, 1.82) is 0 Å². The van der Waals surface area contributed by atoms with E-state index in [1.165, 1.54) is 25.9 Å². The number of aliphatic hydroxyl groups excluding tert-OH is 1. The highest BCUT2D eigenvalue weighted by atomic mass is 16.5. The monoisotopic (exact) mass is 236 g/mol. The highest BCUT2D eigenvalue weighted by molar-refractivity contribution is 5.20. The van der Waals surface area contributed by atoms with Crippen LogP contribution in [0.15, 0.2) is 30.3 Å². The molecular weight excluding hydrogens is 214 g/mol. The van der Waals surface area contributed by atoms with E-state index in [4.69, 9.17) is 4.74 Å². The third-order valence-electron chi connectivity index (χ3n) is 3.48. The summed E-state index contributed by atoms with van der Waals surface area (Å²) in [6.45, 7) is 3.55. The van der Waals surface area contributed by atoms with Crippen LogP contribution in [0.25, 0.3) is 0 Å². The van der Waals surface area contributed by atoms with Crippen molar-refractivity contribution in [3.8, 4) is 5.75 Å². The zero-order valence-electron chi connectivity index (χ0n) is 10.5. The van der Waals surface area contributed by atoms with Gasteiger partial charge >= 0.3 is 0 Å². The molecule has 1 atom stereocenters. The number of likely N-dealkylation sites (N-methyl/N-ethyl adjacent to an activating group) is 1. The maximum Gasteiger partial charge on any atom is 0.137 e. The summed E-state index contributed by atoms with van der Waals surface area (Å²) in [5, 5.41) is 10.00. The van der Waals surface area contributed by atoms with E-state index in [9.17, 15) is 5.11 Å². The molecule has 0 bridgehead atoms. The summed E-state index contributed by atoms with van der Waals surface area (Å²) in [5.41, 5.74) is 0. The Morgan fingerprint density at radius 1 is 1.24 bits per heavy atom. The van der Waals surface area contributed by atoms with Gasteiger partial charge in [0, 0.05) is 12.8 Å². The zero-order chi connectivity index (χ0) is 12.1. The first-order valence-corrected chi connectivity index (χ1v) is 6.37. The van der Waals surface area contributed by atoms with Crippen molar-refractivity contribution in [1.82, 2.24) is 0 Å². The van der Waals surface area contributed by atoms with Crippen LogP contribution in [0.2, 0.25) is 0 Å². The molecule has 17 heavy (non-hydrogen) atoms. The minimum absolute atomic E-state index is 0.377. The molecule has 3 nitrogen and oxygen atoms in total. The SMILES string of the molecule is C[N+]1(CC(O)COc2ccccc2)CCCC1. The average Bonchev–Trinajstić information content (AvgIpc) is 2.74. The van der Waals surface area contributed by atoms with Gasteiger partial charge in [0.1, 0.15) is 25.0 Å². The Balaban J connectivity index is 1.76. The van der Waals surface area contributed by atoms with E-state index < -0.39 is 0 Å². The Labute approximate surface area is 103 Å². The fourth-order valence-electron chi connectivity index (χ4n) is 2.55. The summed E-state index contributed by atoms with van der Waals surface area (Å²) in [6.07, 6.45) is 2.18. The molecule has 0 radical (unpaired) electrons. The van der Waals surface area contributed by atoms with E-state index in [1.54, 1.807) is 0 Å². The lowest BCUT2D eigenvalue weighted by Gasteiger charge is -2.31. The van der Waals surface area contributed by atoms with E-state index in [0.717, 1.165) is 16.8 Å². The molecule has 1 N–H and O–H groups in total. The maximum atomic E-state index is 10.00. The third-order valence-corrected chi connectivity index (χ3v) is 3.48. The molecule has 0 saturated carbocycles. The Bertz CT molecular complexity index is 333. The molecular formula is C14H22NO2+. The van der Waals surface area contributed by atoms with Crippen molar-refractivity contribution in [2.24, 2.45) is 0 Å². The molecule has 1 unspecified atom stereocenters. The van der Waals surface area contributed by atoms with Crippen molar-refractivity contribution >= 4 is 0 Å². The fraction of sp³-hybridized carbons (Fsp3) is 0.571. The van der Waals surface area contributed by atoms with Crippen molar-refractivity contribution in [3.05, 3.63) is 30.3 Å². The molecule has 0 spiro atoms. The molecule has 3 heteroatoms. The van der Waals surface area contributed by atoms with Gasteiger partial charge in [-0.15, -0.1) is 0 Å². The number of hydrogen-bond donors (Lipinski definition) is 1. The summed E-state index contributed by atoms with van der Waals surface area (Å²) in [7, 11) is 2.22. The van der Waals surface area contributed by atoms with Gasteiger partial charge < -0.3 is 14.3 Å². The van der Waals surface area contributed by atoms with Gasteiger partial charge in [-0.25, -0.2) is 0 Å². The molecule has 2 rings (SSSR count). The number of nitrogens with zero attached hydrogens (tertiary/aromatic N) is 1. The molecule has 94 valence electrons. The molecule has 1 aliphatic rings. The number of hydrogen-bond acceptors (Lipinski definition) is 2. The van der Waals surface area contributed by atoms with Crippen LogP contribution < -0.4 is 4.74 Å². The predicted octanol–water partition coefficient (Wildman–Crippen LogP) is 1.67. The molecule has 1 saturated heterocycles. The fourth-order valence-corrected chi connectivity index (χ4v) is 2.55. The quantitative estimate of drug-likeness (QED) is 0.788. The van der Waals surface area contributed by atoms with E-state index in [0.29, 0.717) is 6.61 Å². The summed E-state index contributed by atoms with van der Waals surface area (Å²) < 4.78 is 6.55. The second-order valence-corrected chi connectivity index (χ2v) is 5.23. The molecule has 0 amide bonds. The second-order valence-electron chi connectivity index (χ2n) is 5.23. The molecule has 1 aromatic carbocycles. The van der Waals surface area contributed by atoms with Crippen LogP contribution in [-0.4, -0.2) is 49.0 Å². The first-order valence-electron chi connectivity index (χ1n) is 6.37. The van der Waals surface area contributed by atoms with Gasteiger partial charge in [0.15, 0.2) is 0 Å². The number of aliphatic hydroxyl groups is 1. The molecule has 1 heterocycles. The summed E-state index contributed by atoms with van der Waals surface area (Å²) in [6, 6.07) is 9.67. The van der Waals surface area contributed by atoms with Gasteiger partial charge in [-0.1, -0.05) is 18.2 Å². The van der Waals surface area contributed by atoms with Crippen molar-refractivity contribution < 1.29 is 14.3 Å². The molecule has 0 aliphatic carbocycles. The molecule has 1 aromatic rings. The summed E-state index contributed by atoms with van der Waals surface area (Å²) >= 11 is 0. The second kappa shape index (κ2) is 5.52. The maximum absolute atomic E-state index is 10.00. The van der Waals surface area contributed by atoms with Crippen molar-refractivity contribution in [2.45, 2.75) is 18.9 Å². The van der Waals surface area contributed by atoms with Crippen LogP contribution in [0.5, 0.6) is 5.75 Å². The highest BCUT2D eigenvalue weighted by Crippen LogP contribution is 2.17. The lowest BCUT2D eigenvalue weighted by Crippen LogP contribution is -2.47. The van der Waals surface area contributed by atoms with Crippen LogP contribution >= 0.6 is 0 Å². The predicted molar refractivity (Wildman–Crippen MR) is 68.0 cm³/mol. The number of ether oxygens (including phenoxy) is 1. The normalized spacial score (nSPS) is 20.1. The van der Waals surface area contributed by atoms with E-state index >= 15 is 0 Å². The standard InChI is InChI=1S/C14H22NO2/c1-15(9-5-6-10-15)11-13(16)12-17-14-7-3-2-4-8-14/h2-4,7-8,13,16H,5-6,9-12H2,1H3/q+1. The summed E-state index contributed by atoms with van der Waals surface area (Å²) in [4.78, 5) is 0. The van der Waals surface area contributed by atoms with Crippen LogP contribution in [0.1, 0.15) is 12.8 Å². The summed E-state index contributed by atoms with van der Waals surface area (Å²) in [5.74, 6) is 0.829. The lowest BCUT2D eigenvalue weighted by molar-refractivity contribution is -0.900. The number of quaternary nitrogens is 1. The van der Waals surface area contributed by atoms with Gasteiger partial charge in [-0.3, -0.25) is 0 Å². The van der Waals surface area contributed by atoms with Gasteiger partial charge in [0.2, 0.25) is 0 Å². The van der Waals surface area contributed by atoms with Crippen LogP contribution in [-0.2, 0) is 0 Å². The average molecular weight is 236 g/mol. The van der Waals surface area contributed by atoms with E-state index in [1.807, 2.05) is 30.3 Å². The Morgan fingerprint density at radius 2 is 1.88 bits per heavy atom. The Kier molecular flexibility index (Phi) is 4.02. The first kappa shape index (κ1) is 12.4. The van der Waals surface area contributed by atoms with E-state index in [2.05, 4.69) is 7.05 Å². The minimum Gasteiger partial charge on any atom is -0.491 e. The minimum atomic E-state index is -0.377. The van der Waals surface area contributed by atoms with Gasteiger partial charge in [0.25, 0.3) is 0 Å². The smallest absolute Gasteiger partial charge is 0.137 e. The Morgan fingerprint density at radius 3 is 2.53 bits per heavy atom. The first-order chi connectivity index (χ1) is 8.18. The van der Waals surface area contributed by atoms with Crippen molar-refractivity contribution in [3.63, 3.8) is 0 Å². The topological polar surface area (TPSA) is 29.5 Å². The molecule has 1 aliphatic heterocycles. The number of para-hydroxylation sites is 1. The van der Waals surface area contributed by atoms with Gasteiger partial charge in [-0.2, -0.15) is 0 Å². The molecule has 1 fully saturated rings. The molecule has 0 aromatic heterocycles. The number of rotatable bonds is 5. The number of likely N-dealkylation sites (tertiary alicyclic amines) is 1. The number of benzene rings is 1. The van der Waals surface area contributed by atoms with E-state index in [-0.39, 0.29) is 6.10 Å². The Hall–Kier alpha value is -1.06. The van der Waals surface area contributed by atoms with Gasteiger partial charge in [0.05, 0.1) is 20.1 Å². The van der Waals surface area contributed by atoms with Crippen LogP contribution in [0.3, 0.4) is 0 Å².